The minimum absolute atomic E-state index is 0.167. The van der Waals surface area contributed by atoms with Crippen molar-refractivity contribution in [1.29, 1.82) is 0 Å². The first kappa shape index (κ1) is 25.9. The van der Waals surface area contributed by atoms with E-state index in [1.165, 1.54) is 11.3 Å². The number of carbonyl (C=O) groups is 1. The predicted octanol–water partition coefficient (Wildman–Crippen LogP) is 4.56. The summed E-state index contributed by atoms with van der Waals surface area (Å²) >= 11 is 1.49. The molecule has 9 nitrogen and oxygen atoms in total. The molecule has 0 spiro atoms. The van der Waals surface area contributed by atoms with Gasteiger partial charge in [0, 0.05) is 24.3 Å². The average molecular weight is 538 g/mol. The standard InChI is InChI=1S/C23H28N3O6PS2/c1-16(2)14-23(32-33(28,29)30)10-12-26(13-11-23)22(27)17-6-8-18(9-7-17)25-35(31)20-5-3-4-19-21(20)24-15-34-19/h3-9,15-16,25H,10-14H2,1-2H3,(H2,28,29,30). The molecule has 3 aromatic rings. The predicted molar refractivity (Wildman–Crippen MR) is 137 cm³/mol. The van der Waals surface area contributed by atoms with Crippen molar-refractivity contribution in [3.05, 3.63) is 53.5 Å². The Morgan fingerprint density at radius 3 is 2.54 bits per heavy atom. The lowest BCUT2D eigenvalue weighted by molar-refractivity contribution is -0.0285. The fourth-order valence-electron chi connectivity index (χ4n) is 4.48. The molecule has 188 valence electrons. The van der Waals surface area contributed by atoms with E-state index in [9.17, 15) is 23.4 Å². The van der Waals surface area contributed by atoms with E-state index in [2.05, 4.69) is 9.71 Å². The van der Waals surface area contributed by atoms with Gasteiger partial charge in [-0.05, 0) is 61.6 Å². The number of nitrogens with one attached hydrogen (secondary N) is 1. The van der Waals surface area contributed by atoms with E-state index >= 15 is 0 Å². The Bertz CT molecular complexity index is 1270. The van der Waals surface area contributed by atoms with Gasteiger partial charge in [0.15, 0.2) is 11.0 Å². The zero-order valence-electron chi connectivity index (χ0n) is 19.4. The molecule has 1 amide bonds. The Morgan fingerprint density at radius 1 is 1.23 bits per heavy atom. The Labute approximate surface area is 210 Å². The largest absolute Gasteiger partial charge is 0.470 e. The lowest BCUT2D eigenvalue weighted by atomic mass is 9.84. The van der Waals surface area contributed by atoms with Crippen molar-refractivity contribution in [2.45, 2.75) is 43.6 Å². The Balaban J connectivity index is 1.40. The second kappa shape index (κ2) is 10.5. The number of hydrogen-bond acceptors (Lipinski definition) is 6. The maximum Gasteiger partial charge on any atom is 0.470 e. The molecule has 0 aliphatic carbocycles. The van der Waals surface area contributed by atoms with Crippen molar-refractivity contribution < 1.29 is 27.9 Å². The van der Waals surface area contributed by atoms with Gasteiger partial charge in [0.1, 0.15) is 0 Å². The van der Waals surface area contributed by atoms with Crippen molar-refractivity contribution >= 4 is 52.0 Å². The van der Waals surface area contributed by atoms with Crippen molar-refractivity contribution in [1.82, 2.24) is 9.88 Å². The van der Waals surface area contributed by atoms with Gasteiger partial charge in [-0.3, -0.25) is 9.32 Å². The summed E-state index contributed by atoms with van der Waals surface area (Å²) in [4.78, 5) is 38.4. The van der Waals surface area contributed by atoms with Crippen LogP contribution in [0.4, 0.5) is 5.69 Å². The number of aromatic nitrogens is 1. The molecule has 0 saturated carbocycles. The van der Waals surface area contributed by atoms with Gasteiger partial charge >= 0.3 is 7.82 Å². The van der Waals surface area contributed by atoms with E-state index in [4.69, 9.17) is 4.52 Å². The highest BCUT2D eigenvalue weighted by Crippen LogP contribution is 2.47. The quantitative estimate of drug-likeness (QED) is 0.359. The van der Waals surface area contributed by atoms with E-state index < -0.39 is 24.4 Å². The van der Waals surface area contributed by atoms with Gasteiger partial charge in [-0.1, -0.05) is 19.9 Å². The van der Waals surface area contributed by atoms with Crippen molar-refractivity contribution in [2.75, 3.05) is 17.8 Å². The number of fused-ring (bicyclic) bond motifs is 1. The number of phosphoric acid groups is 1. The Kier molecular flexibility index (Phi) is 7.75. The second-order valence-corrected chi connectivity index (χ2v) is 12.3. The van der Waals surface area contributed by atoms with Crippen LogP contribution in [0, 0.1) is 5.92 Å². The number of likely N-dealkylation sites (tertiary alicyclic amines) is 1. The molecule has 1 aliphatic heterocycles. The Morgan fingerprint density at radius 2 is 1.91 bits per heavy atom. The normalized spacial score (nSPS) is 17.0. The lowest BCUT2D eigenvalue weighted by Crippen LogP contribution is -2.48. The summed E-state index contributed by atoms with van der Waals surface area (Å²) in [7, 11) is -6.16. The number of para-hydroxylation sites is 1. The van der Waals surface area contributed by atoms with Crippen molar-refractivity contribution in [3.8, 4) is 0 Å². The Hall–Kier alpha value is -2.14. The number of hydrogen-bond donors (Lipinski definition) is 3. The number of carbonyl (C=O) groups excluding carboxylic acids is 1. The van der Waals surface area contributed by atoms with Crippen LogP contribution in [-0.2, 0) is 20.1 Å². The molecule has 12 heteroatoms. The fraction of sp³-hybridized carbons (Fsp3) is 0.391. The zero-order chi connectivity index (χ0) is 25.2. The first-order valence-electron chi connectivity index (χ1n) is 11.2. The number of thiazole rings is 1. The van der Waals surface area contributed by atoms with Crippen LogP contribution in [-0.4, -0.2) is 48.5 Å². The molecule has 0 bridgehead atoms. The van der Waals surface area contributed by atoms with Gasteiger partial charge in [0.25, 0.3) is 5.91 Å². The number of nitrogens with zero attached hydrogens (tertiary/aromatic N) is 2. The molecule has 1 fully saturated rings. The molecule has 1 atom stereocenters. The SMILES string of the molecule is CC(C)CC1(OP(=O)(O)O)CCN(C(=O)c2ccc(NS(=O)c3cccc4scnc34)cc2)CC1. The molecule has 2 heterocycles. The number of piperidine rings is 1. The maximum absolute atomic E-state index is 13.0. The molecule has 3 N–H and O–H groups in total. The third-order valence-electron chi connectivity index (χ3n) is 5.92. The van der Waals surface area contributed by atoms with Gasteiger partial charge < -0.3 is 19.4 Å². The molecule has 1 unspecified atom stereocenters. The fourth-order valence-corrected chi connectivity index (χ4v) is 7.01. The molecule has 1 saturated heterocycles. The molecule has 4 rings (SSSR count). The van der Waals surface area contributed by atoms with E-state index in [-0.39, 0.29) is 11.8 Å². The van der Waals surface area contributed by atoms with E-state index in [0.29, 0.717) is 54.0 Å². The first-order valence-corrected chi connectivity index (χ1v) is 14.8. The highest BCUT2D eigenvalue weighted by Gasteiger charge is 2.42. The molecule has 1 aromatic heterocycles. The van der Waals surface area contributed by atoms with Crippen molar-refractivity contribution in [2.24, 2.45) is 5.92 Å². The van der Waals surface area contributed by atoms with Crippen LogP contribution < -0.4 is 4.72 Å². The highest BCUT2D eigenvalue weighted by molar-refractivity contribution is 7.86. The lowest BCUT2D eigenvalue weighted by Gasteiger charge is -2.42. The van der Waals surface area contributed by atoms with E-state index in [0.717, 1.165) is 4.70 Å². The summed E-state index contributed by atoms with van der Waals surface area (Å²) in [5, 5.41) is 0. The summed E-state index contributed by atoms with van der Waals surface area (Å²) in [6.45, 7) is 4.63. The number of rotatable bonds is 8. The minimum atomic E-state index is -4.65. The minimum Gasteiger partial charge on any atom is -0.338 e. The monoisotopic (exact) mass is 537 g/mol. The van der Waals surface area contributed by atoms with E-state index in [1.54, 1.807) is 40.7 Å². The number of phosphoric ester groups is 1. The highest BCUT2D eigenvalue weighted by atomic mass is 32.2. The van der Waals surface area contributed by atoms with Gasteiger partial charge in [-0.2, -0.15) is 0 Å². The van der Waals surface area contributed by atoms with Crippen LogP contribution in [0.5, 0.6) is 0 Å². The third kappa shape index (κ3) is 6.35. The molecule has 35 heavy (non-hydrogen) atoms. The number of amides is 1. The van der Waals surface area contributed by atoms with Crippen LogP contribution >= 0.6 is 19.2 Å². The van der Waals surface area contributed by atoms with E-state index in [1.807, 2.05) is 26.0 Å². The molecular weight excluding hydrogens is 509 g/mol. The maximum atomic E-state index is 13.0. The van der Waals surface area contributed by atoms with Crippen LogP contribution in [0.3, 0.4) is 0 Å². The van der Waals surface area contributed by atoms with Crippen molar-refractivity contribution in [3.63, 3.8) is 0 Å². The first-order chi connectivity index (χ1) is 16.6. The van der Waals surface area contributed by atoms with Gasteiger partial charge in [0.05, 0.1) is 26.2 Å². The molecular formula is C23H28N3O6PS2. The number of anilines is 1. The van der Waals surface area contributed by atoms with Crippen LogP contribution in [0.25, 0.3) is 10.2 Å². The smallest absolute Gasteiger partial charge is 0.338 e. The van der Waals surface area contributed by atoms with Gasteiger partial charge in [-0.15, -0.1) is 11.3 Å². The molecule has 0 radical (unpaired) electrons. The van der Waals surface area contributed by atoms with Crippen LogP contribution in [0.2, 0.25) is 0 Å². The summed E-state index contributed by atoms with van der Waals surface area (Å²) < 4.78 is 33.5. The van der Waals surface area contributed by atoms with Crippen LogP contribution in [0.1, 0.15) is 43.5 Å². The molecule has 1 aliphatic rings. The third-order valence-corrected chi connectivity index (χ3v) is 8.49. The van der Waals surface area contributed by atoms with Gasteiger partial charge in [-0.25, -0.2) is 13.8 Å². The van der Waals surface area contributed by atoms with Gasteiger partial charge in [0.2, 0.25) is 0 Å². The number of benzene rings is 2. The average Bonchev–Trinajstić information content (AvgIpc) is 3.27. The topological polar surface area (TPSA) is 129 Å². The summed E-state index contributed by atoms with van der Waals surface area (Å²) in [5.41, 5.74) is 2.57. The van der Waals surface area contributed by atoms with Crippen LogP contribution in [0.15, 0.2) is 52.9 Å². The molecule has 2 aromatic carbocycles. The summed E-state index contributed by atoms with van der Waals surface area (Å²) in [6.07, 6.45) is 1.21. The second-order valence-electron chi connectivity index (χ2n) is 9.06. The summed E-state index contributed by atoms with van der Waals surface area (Å²) in [5.74, 6) is 0.0242. The summed E-state index contributed by atoms with van der Waals surface area (Å²) in [6, 6.07) is 12.3. The zero-order valence-corrected chi connectivity index (χ0v) is 21.9.